The van der Waals surface area contributed by atoms with Gasteiger partial charge in [-0.2, -0.15) is 21.6 Å². The SMILES string of the molecule is COC(=O)C(CCCc1ccc(Br)cc1)OS(=O)(=O)C(F)(F)F. The summed E-state index contributed by atoms with van der Waals surface area (Å²) in [6.07, 6.45) is -1.37. The summed E-state index contributed by atoms with van der Waals surface area (Å²) in [6, 6.07) is 7.17. The molecule has 23 heavy (non-hydrogen) atoms. The van der Waals surface area contributed by atoms with E-state index in [4.69, 9.17) is 0 Å². The van der Waals surface area contributed by atoms with E-state index in [0.29, 0.717) is 6.42 Å². The minimum Gasteiger partial charge on any atom is -0.467 e. The zero-order chi connectivity index (χ0) is 17.7. The third kappa shape index (κ3) is 6.11. The molecule has 0 aliphatic heterocycles. The van der Waals surface area contributed by atoms with Gasteiger partial charge in [0, 0.05) is 4.47 Å². The summed E-state index contributed by atoms with van der Waals surface area (Å²) in [4.78, 5) is 11.4. The first kappa shape index (κ1) is 19.9. The van der Waals surface area contributed by atoms with Gasteiger partial charge in [-0.05, 0) is 37.0 Å². The number of hydrogen-bond acceptors (Lipinski definition) is 5. The van der Waals surface area contributed by atoms with Crippen LogP contribution in [-0.4, -0.2) is 33.1 Å². The molecular formula is C13H14BrF3O5S. The van der Waals surface area contributed by atoms with Gasteiger partial charge in [-0.25, -0.2) is 8.98 Å². The lowest BCUT2D eigenvalue weighted by molar-refractivity contribution is -0.149. The first-order valence-electron chi connectivity index (χ1n) is 6.38. The Balaban J connectivity index is 2.69. The maximum atomic E-state index is 12.3. The van der Waals surface area contributed by atoms with Gasteiger partial charge in [-0.1, -0.05) is 28.1 Å². The Morgan fingerprint density at radius 2 is 1.83 bits per heavy atom. The third-order valence-electron chi connectivity index (χ3n) is 2.84. The molecule has 1 rings (SSSR count). The van der Waals surface area contributed by atoms with Crippen LogP contribution in [0.15, 0.2) is 28.7 Å². The summed E-state index contributed by atoms with van der Waals surface area (Å²) >= 11 is 3.26. The summed E-state index contributed by atoms with van der Waals surface area (Å²) < 4.78 is 68.1. The van der Waals surface area contributed by atoms with Crippen LogP contribution in [0.3, 0.4) is 0 Å². The van der Waals surface area contributed by atoms with Crippen molar-refractivity contribution in [2.24, 2.45) is 0 Å². The molecule has 1 atom stereocenters. The van der Waals surface area contributed by atoms with E-state index in [-0.39, 0.29) is 12.8 Å². The number of hydrogen-bond donors (Lipinski definition) is 0. The Labute approximate surface area is 140 Å². The fourth-order valence-corrected chi connectivity index (χ4v) is 2.54. The molecule has 0 saturated carbocycles. The molecule has 0 N–H and O–H groups in total. The molecule has 10 heteroatoms. The highest BCUT2D eigenvalue weighted by Crippen LogP contribution is 2.27. The second kappa shape index (κ2) is 8.11. The van der Waals surface area contributed by atoms with Gasteiger partial charge in [0.25, 0.3) is 0 Å². The molecule has 0 fully saturated rings. The largest absolute Gasteiger partial charge is 0.523 e. The van der Waals surface area contributed by atoms with E-state index in [1.165, 1.54) is 0 Å². The van der Waals surface area contributed by atoms with Gasteiger partial charge in [0.15, 0.2) is 6.10 Å². The highest BCUT2D eigenvalue weighted by atomic mass is 79.9. The van der Waals surface area contributed by atoms with Crippen molar-refractivity contribution in [3.63, 3.8) is 0 Å². The zero-order valence-corrected chi connectivity index (χ0v) is 14.4. The molecule has 0 bridgehead atoms. The highest BCUT2D eigenvalue weighted by molar-refractivity contribution is 9.10. The molecule has 0 aliphatic rings. The van der Waals surface area contributed by atoms with Crippen LogP contribution in [-0.2, 0) is 30.3 Å². The van der Waals surface area contributed by atoms with Crippen LogP contribution in [0.4, 0.5) is 13.2 Å². The maximum absolute atomic E-state index is 12.3. The smallest absolute Gasteiger partial charge is 0.467 e. The van der Waals surface area contributed by atoms with Crippen molar-refractivity contribution in [2.45, 2.75) is 30.9 Å². The molecule has 0 aliphatic carbocycles. The monoisotopic (exact) mass is 418 g/mol. The van der Waals surface area contributed by atoms with Gasteiger partial charge in [-0.3, -0.25) is 0 Å². The van der Waals surface area contributed by atoms with Crippen molar-refractivity contribution < 1.29 is 35.3 Å². The lowest BCUT2D eigenvalue weighted by atomic mass is 10.1. The van der Waals surface area contributed by atoms with Crippen molar-refractivity contribution in [3.8, 4) is 0 Å². The van der Waals surface area contributed by atoms with Crippen LogP contribution >= 0.6 is 15.9 Å². The third-order valence-corrected chi connectivity index (χ3v) is 4.42. The lowest BCUT2D eigenvalue weighted by Crippen LogP contribution is -2.34. The number of aryl methyl sites for hydroxylation is 1. The van der Waals surface area contributed by atoms with E-state index >= 15 is 0 Å². The molecule has 1 aromatic carbocycles. The molecule has 0 amide bonds. The van der Waals surface area contributed by atoms with Gasteiger partial charge in [0.2, 0.25) is 0 Å². The van der Waals surface area contributed by atoms with Crippen LogP contribution in [0.1, 0.15) is 18.4 Å². The van der Waals surface area contributed by atoms with Crippen molar-refractivity contribution in [3.05, 3.63) is 34.3 Å². The van der Waals surface area contributed by atoms with Gasteiger partial charge >= 0.3 is 21.6 Å². The first-order chi connectivity index (χ1) is 10.6. The number of esters is 1. The number of alkyl halides is 3. The Bertz CT molecular complexity index is 628. The minimum atomic E-state index is -5.86. The Kier molecular flexibility index (Phi) is 7.02. The Morgan fingerprint density at radius 3 is 2.30 bits per heavy atom. The number of methoxy groups -OCH3 is 1. The van der Waals surface area contributed by atoms with Gasteiger partial charge in [-0.15, -0.1) is 0 Å². The fourth-order valence-electron chi connectivity index (χ4n) is 1.69. The quantitative estimate of drug-likeness (QED) is 0.386. The van der Waals surface area contributed by atoms with Crippen molar-refractivity contribution in [1.82, 2.24) is 0 Å². The summed E-state index contributed by atoms with van der Waals surface area (Å²) in [7, 11) is -4.92. The van der Waals surface area contributed by atoms with Crippen LogP contribution < -0.4 is 0 Å². The molecule has 0 heterocycles. The van der Waals surface area contributed by atoms with Crippen LogP contribution in [0.5, 0.6) is 0 Å². The predicted molar refractivity (Wildman–Crippen MR) is 78.9 cm³/mol. The molecule has 5 nitrogen and oxygen atoms in total. The Hall–Kier alpha value is -1.13. The number of rotatable bonds is 7. The van der Waals surface area contributed by atoms with E-state index in [9.17, 15) is 26.4 Å². The second-order valence-electron chi connectivity index (χ2n) is 4.53. The molecule has 1 aromatic rings. The molecule has 1 unspecified atom stereocenters. The number of carbonyl (C=O) groups is 1. The van der Waals surface area contributed by atoms with Crippen LogP contribution in [0.2, 0.25) is 0 Å². The topological polar surface area (TPSA) is 69.7 Å². The predicted octanol–water partition coefficient (Wildman–Crippen LogP) is 3.18. The summed E-state index contributed by atoms with van der Waals surface area (Å²) in [5.41, 5.74) is -4.71. The van der Waals surface area contributed by atoms with Crippen LogP contribution in [0, 0.1) is 0 Å². The molecule has 0 radical (unpaired) electrons. The molecular weight excluding hydrogens is 405 g/mol. The number of halogens is 4. The van der Waals surface area contributed by atoms with Crippen molar-refractivity contribution in [2.75, 3.05) is 7.11 Å². The van der Waals surface area contributed by atoms with Gasteiger partial charge in [0.05, 0.1) is 7.11 Å². The summed E-state index contributed by atoms with van der Waals surface area (Å²) in [6.45, 7) is 0. The molecule has 130 valence electrons. The number of benzene rings is 1. The fraction of sp³-hybridized carbons (Fsp3) is 0.462. The second-order valence-corrected chi connectivity index (χ2v) is 7.01. The average molecular weight is 419 g/mol. The highest BCUT2D eigenvalue weighted by Gasteiger charge is 2.49. The number of ether oxygens (including phenoxy) is 1. The van der Waals surface area contributed by atoms with E-state index in [2.05, 4.69) is 24.8 Å². The molecule has 0 spiro atoms. The summed E-state index contributed by atoms with van der Waals surface area (Å²) in [5, 5.41) is 0. The summed E-state index contributed by atoms with van der Waals surface area (Å²) in [5.74, 6) is -1.17. The Morgan fingerprint density at radius 1 is 1.26 bits per heavy atom. The van der Waals surface area contributed by atoms with E-state index < -0.39 is 27.7 Å². The normalized spacial score (nSPS) is 13.6. The molecule has 0 saturated heterocycles. The van der Waals surface area contributed by atoms with E-state index in [1.54, 1.807) is 24.3 Å². The van der Waals surface area contributed by atoms with Crippen molar-refractivity contribution >= 4 is 32.0 Å². The van der Waals surface area contributed by atoms with Crippen LogP contribution in [0.25, 0.3) is 0 Å². The average Bonchev–Trinajstić information content (AvgIpc) is 2.46. The zero-order valence-electron chi connectivity index (χ0n) is 12.0. The maximum Gasteiger partial charge on any atom is 0.523 e. The lowest BCUT2D eigenvalue weighted by Gasteiger charge is -2.16. The minimum absolute atomic E-state index is 0.224. The van der Waals surface area contributed by atoms with Crippen molar-refractivity contribution in [1.29, 1.82) is 0 Å². The van der Waals surface area contributed by atoms with Gasteiger partial charge in [0.1, 0.15) is 0 Å². The van der Waals surface area contributed by atoms with E-state index in [0.717, 1.165) is 17.1 Å². The molecule has 0 aromatic heterocycles. The van der Waals surface area contributed by atoms with Gasteiger partial charge < -0.3 is 4.74 Å². The standard InChI is InChI=1S/C13H14BrF3O5S/c1-21-12(18)11(22-23(19,20)13(15,16)17)4-2-3-9-5-7-10(14)8-6-9/h5-8,11H,2-4H2,1H3. The first-order valence-corrected chi connectivity index (χ1v) is 8.59. The van der Waals surface area contributed by atoms with E-state index in [1.807, 2.05) is 0 Å². The number of carbonyl (C=O) groups excluding carboxylic acids is 1.